The van der Waals surface area contributed by atoms with Crippen LogP contribution in [0.3, 0.4) is 0 Å². The van der Waals surface area contributed by atoms with E-state index >= 15 is 0 Å². The highest BCUT2D eigenvalue weighted by Crippen LogP contribution is 2.49. The van der Waals surface area contributed by atoms with Gasteiger partial charge in [-0.25, -0.2) is 0 Å². The van der Waals surface area contributed by atoms with Crippen molar-refractivity contribution < 1.29 is 0 Å². The van der Waals surface area contributed by atoms with Crippen LogP contribution in [0.25, 0.3) is 11.1 Å². The summed E-state index contributed by atoms with van der Waals surface area (Å²) < 4.78 is 0. The molecule has 0 atom stereocenters. The first-order valence-electron chi connectivity index (χ1n) is 9.68. The molecule has 2 aromatic carbocycles. The Labute approximate surface area is 158 Å². The summed E-state index contributed by atoms with van der Waals surface area (Å²) in [6, 6.07) is 21.9. The van der Waals surface area contributed by atoms with Gasteiger partial charge in [-0.05, 0) is 53.5 Å². The Morgan fingerprint density at radius 1 is 0.962 bits per heavy atom. The fourth-order valence-electron chi connectivity index (χ4n) is 4.28. The normalized spacial score (nSPS) is 17.6. The molecule has 0 unspecified atom stereocenters. The van der Waals surface area contributed by atoms with Crippen molar-refractivity contribution in [1.82, 2.24) is 4.90 Å². The molecular weight excluding hydrogens is 316 g/mol. The van der Waals surface area contributed by atoms with Gasteiger partial charge in [0.1, 0.15) is 0 Å². The van der Waals surface area contributed by atoms with E-state index < -0.39 is 0 Å². The zero-order chi connectivity index (χ0) is 18.6. The van der Waals surface area contributed by atoms with E-state index in [2.05, 4.69) is 86.3 Å². The van der Waals surface area contributed by atoms with Crippen molar-refractivity contribution >= 4 is 0 Å². The SMILES string of the molecule is CC(C)(C)C1(CC#N)CCN(Cc2ccccc2-c2ccccc2)CC1. The van der Waals surface area contributed by atoms with Crippen LogP contribution in [-0.4, -0.2) is 18.0 Å². The summed E-state index contributed by atoms with van der Waals surface area (Å²) in [6.45, 7) is 10.0. The van der Waals surface area contributed by atoms with Gasteiger partial charge in [-0.15, -0.1) is 0 Å². The first-order valence-corrected chi connectivity index (χ1v) is 9.68. The molecule has 3 rings (SSSR count). The minimum Gasteiger partial charge on any atom is -0.299 e. The Morgan fingerprint density at radius 3 is 2.19 bits per heavy atom. The third-order valence-electron chi connectivity index (χ3n) is 6.32. The first kappa shape index (κ1) is 18.7. The predicted octanol–water partition coefficient (Wildman–Crippen LogP) is 5.90. The predicted molar refractivity (Wildman–Crippen MR) is 109 cm³/mol. The smallest absolute Gasteiger partial charge is 0.0627 e. The highest BCUT2D eigenvalue weighted by atomic mass is 15.1. The Morgan fingerprint density at radius 2 is 1.58 bits per heavy atom. The van der Waals surface area contributed by atoms with Crippen molar-refractivity contribution in [3.8, 4) is 17.2 Å². The molecule has 0 aliphatic carbocycles. The number of nitriles is 1. The third-order valence-corrected chi connectivity index (χ3v) is 6.32. The summed E-state index contributed by atoms with van der Waals surface area (Å²) in [6.07, 6.45) is 2.89. The molecule has 2 heteroatoms. The Bertz CT molecular complexity index is 757. The van der Waals surface area contributed by atoms with Crippen molar-refractivity contribution in [2.45, 2.75) is 46.6 Å². The van der Waals surface area contributed by atoms with Gasteiger partial charge in [0, 0.05) is 13.0 Å². The summed E-state index contributed by atoms with van der Waals surface area (Å²) >= 11 is 0. The van der Waals surface area contributed by atoms with Crippen LogP contribution in [0.1, 0.15) is 45.6 Å². The average Bonchev–Trinajstić information content (AvgIpc) is 2.64. The number of piperidine rings is 1. The molecule has 0 saturated carbocycles. The molecular formula is C24H30N2. The topological polar surface area (TPSA) is 27.0 Å². The van der Waals surface area contributed by atoms with Crippen molar-refractivity contribution in [1.29, 1.82) is 5.26 Å². The van der Waals surface area contributed by atoms with Gasteiger partial charge < -0.3 is 0 Å². The van der Waals surface area contributed by atoms with Gasteiger partial charge in [0.2, 0.25) is 0 Å². The lowest BCUT2D eigenvalue weighted by Crippen LogP contribution is -2.46. The highest BCUT2D eigenvalue weighted by Gasteiger charge is 2.43. The molecule has 1 fully saturated rings. The van der Waals surface area contributed by atoms with Crippen molar-refractivity contribution in [3.63, 3.8) is 0 Å². The maximum absolute atomic E-state index is 9.35. The van der Waals surface area contributed by atoms with Crippen molar-refractivity contribution in [2.24, 2.45) is 10.8 Å². The molecule has 2 nitrogen and oxygen atoms in total. The summed E-state index contributed by atoms with van der Waals surface area (Å²) in [4.78, 5) is 2.56. The van der Waals surface area contributed by atoms with Crippen LogP contribution in [0.15, 0.2) is 54.6 Å². The minimum atomic E-state index is 0.150. The van der Waals surface area contributed by atoms with Crippen LogP contribution in [0.2, 0.25) is 0 Å². The van der Waals surface area contributed by atoms with E-state index in [4.69, 9.17) is 0 Å². The van der Waals surface area contributed by atoms with E-state index in [1.165, 1.54) is 16.7 Å². The molecule has 0 radical (unpaired) electrons. The van der Waals surface area contributed by atoms with Crippen LogP contribution < -0.4 is 0 Å². The molecule has 0 bridgehead atoms. The molecule has 1 saturated heterocycles. The zero-order valence-electron chi connectivity index (χ0n) is 16.3. The summed E-state index contributed by atoms with van der Waals surface area (Å²) in [7, 11) is 0. The van der Waals surface area contributed by atoms with Gasteiger partial charge in [0.05, 0.1) is 6.07 Å². The largest absolute Gasteiger partial charge is 0.299 e. The maximum Gasteiger partial charge on any atom is 0.0627 e. The number of likely N-dealkylation sites (tertiary alicyclic amines) is 1. The fraction of sp³-hybridized carbons (Fsp3) is 0.458. The van der Waals surface area contributed by atoms with Crippen LogP contribution in [0.5, 0.6) is 0 Å². The lowest BCUT2D eigenvalue weighted by atomic mass is 9.60. The minimum absolute atomic E-state index is 0.150. The second-order valence-electron chi connectivity index (χ2n) is 8.66. The van der Waals surface area contributed by atoms with Crippen LogP contribution in [0, 0.1) is 22.2 Å². The number of hydrogen-bond donors (Lipinski definition) is 0. The molecule has 0 aromatic heterocycles. The van der Waals surface area contributed by atoms with E-state index in [1.807, 2.05) is 0 Å². The van der Waals surface area contributed by atoms with Crippen LogP contribution in [0.4, 0.5) is 0 Å². The highest BCUT2D eigenvalue weighted by molar-refractivity contribution is 5.67. The third kappa shape index (κ3) is 3.84. The molecule has 1 aliphatic rings. The van der Waals surface area contributed by atoms with Gasteiger partial charge >= 0.3 is 0 Å². The van der Waals surface area contributed by atoms with Crippen LogP contribution in [-0.2, 0) is 6.54 Å². The Balaban J connectivity index is 1.74. The number of hydrogen-bond acceptors (Lipinski definition) is 2. The molecule has 26 heavy (non-hydrogen) atoms. The van der Waals surface area contributed by atoms with E-state index in [-0.39, 0.29) is 10.8 Å². The van der Waals surface area contributed by atoms with Crippen molar-refractivity contribution in [3.05, 3.63) is 60.2 Å². The zero-order valence-corrected chi connectivity index (χ0v) is 16.3. The van der Waals surface area contributed by atoms with E-state index in [0.29, 0.717) is 6.42 Å². The average molecular weight is 347 g/mol. The Kier molecular flexibility index (Phi) is 5.49. The summed E-state index contributed by atoms with van der Waals surface area (Å²) in [5.41, 5.74) is 4.34. The molecule has 1 aliphatic heterocycles. The fourth-order valence-corrected chi connectivity index (χ4v) is 4.28. The lowest BCUT2D eigenvalue weighted by molar-refractivity contribution is 0.00715. The molecule has 136 valence electrons. The van der Waals surface area contributed by atoms with Gasteiger partial charge in [0.25, 0.3) is 0 Å². The van der Waals surface area contributed by atoms with Gasteiger partial charge in [-0.2, -0.15) is 5.26 Å². The first-order chi connectivity index (χ1) is 12.5. The molecule has 1 heterocycles. The standard InChI is InChI=1S/C24H30N2/c1-23(2,3)24(13-16-25)14-17-26(18-15-24)19-21-11-7-8-12-22(21)20-9-5-4-6-10-20/h4-12H,13-15,17-19H2,1-3H3. The van der Waals surface area contributed by atoms with Crippen LogP contribution >= 0.6 is 0 Å². The second kappa shape index (κ2) is 7.64. The number of benzene rings is 2. The summed E-state index contributed by atoms with van der Waals surface area (Å²) in [5.74, 6) is 0. The molecule has 0 spiro atoms. The lowest BCUT2D eigenvalue weighted by Gasteiger charge is -2.49. The monoisotopic (exact) mass is 346 g/mol. The Hall–Kier alpha value is -2.11. The molecule has 2 aromatic rings. The number of rotatable bonds is 4. The molecule has 0 N–H and O–H groups in total. The van der Waals surface area contributed by atoms with Gasteiger partial charge in [-0.3, -0.25) is 4.90 Å². The second-order valence-corrected chi connectivity index (χ2v) is 8.66. The van der Waals surface area contributed by atoms with E-state index in [9.17, 15) is 5.26 Å². The van der Waals surface area contributed by atoms with Gasteiger partial charge in [0.15, 0.2) is 0 Å². The maximum atomic E-state index is 9.35. The summed E-state index contributed by atoms with van der Waals surface area (Å²) in [5, 5.41) is 9.35. The number of nitrogens with zero attached hydrogens (tertiary/aromatic N) is 2. The quantitative estimate of drug-likeness (QED) is 0.689. The molecule has 0 amide bonds. The van der Waals surface area contributed by atoms with Crippen molar-refractivity contribution in [2.75, 3.05) is 13.1 Å². The van der Waals surface area contributed by atoms with Gasteiger partial charge in [-0.1, -0.05) is 75.4 Å². The van der Waals surface area contributed by atoms with E-state index in [1.54, 1.807) is 0 Å². The van der Waals surface area contributed by atoms with E-state index in [0.717, 1.165) is 32.5 Å².